The van der Waals surface area contributed by atoms with Gasteiger partial charge in [0.2, 0.25) is 5.91 Å². The maximum atomic E-state index is 12.0. The van der Waals surface area contributed by atoms with Crippen LogP contribution in [0.5, 0.6) is 5.75 Å². The van der Waals surface area contributed by atoms with E-state index in [1.165, 1.54) is 11.6 Å². The van der Waals surface area contributed by atoms with Crippen LogP contribution in [0.25, 0.3) is 6.08 Å². The van der Waals surface area contributed by atoms with Crippen LogP contribution in [0.15, 0.2) is 54.6 Å². The van der Waals surface area contributed by atoms with E-state index in [-0.39, 0.29) is 11.0 Å². The fourth-order valence-corrected chi connectivity index (χ4v) is 2.43. The molecule has 0 aromatic heterocycles. The van der Waals surface area contributed by atoms with Crippen molar-refractivity contribution in [3.8, 4) is 5.75 Å². The second-order valence-electron chi connectivity index (χ2n) is 6.74. The Morgan fingerprint density at radius 3 is 2.41 bits per heavy atom. The van der Waals surface area contributed by atoms with E-state index in [0.29, 0.717) is 12.5 Å². The van der Waals surface area contributed by atoms with E-state index in [2.05, 4.69) is 24.5 Å². The lowest BCUT2D eigenvalue weighted by Gasteiger charge is -2.10. The molecule has 2 aromatic carbocycles. The Hall–Kier alpha value is -2.66. The first kappa shape index (κ1) is 20.6. The largest absolute Gasteiger partial charge is 0.494 e. The maximum absolute atomic E-state index is 12.0. The first-order valence-corrected chi connectivity index (χ1v) is 9.43. The minimum absolute atomic E-state index is 0.252. The van der Waals surface area contributed by atoms with Gasteiger partial charge >= 0.3 is 0 Å². The molecule has 0 aliphatic rings. The second-order valence-corrected chi connectivity index (χ2v) is 7.15. The third kappa shape index (κ3) is 8.05. The number of thiocarbonyl (C=S) groups is 1. The van der Waals surface area contributed by atoms with E-state index >= 15 is 0 Å². The summed E-state index contributed by atoms with van der Waals surface area (Å²) < 4.78 is 5.68. The summed E-state index contributed by atoms with van der Waals surface area (Å²) in [4.78, 5) is 12.0. The van der Waals surface area contributed by atoms with Crippen LogP contribution in [-0.4, -0.2) is 17.6 Å². The molecule has 0 bridgehead atoms. The van der Waals surface area contributed by atoms with Crippen LogP contribution in [0.3, 0.4) is 0 Å². The minimum Gasteiger partial charge on any atom is -0.494 e. The third-order valence-electron chi connectivity index (χ3n) is 3.82. The molecule has 2 N–H and O–H groups in total. The Labute approximate surface area is 166 Å². The quantitative estimate of drug-likeness (QED) is 0.526. The molecule has 0 heterocycles. The van der Waals surface area contributed by atoms with Crippen molar-refractivity contribution in [1.82, 2.24) is 5.32 Å². The fraction of sp³-hybridized carbons (Fsp3) is 0.273. The topological polar surface area (TPSA) is 50.4 Å². The SMILES string of the molecule is Cc1ccc(/C=C/C(=O)NC(=S)Nc2ccc(OCCC(C)C)cc2)cc1. The zero-order valence-electron chi connectivity index (χ0n) is 16.0. The van der Waals surface area contributed by atoms with E-state index < -0.39 is 0 Å². The molecular weight excluding hydrogens is 356 g/mol. The molecule has 0 aliphatic heterocycles. The highest BCUT2D eigenvalue weighted by Gasteiger charge is 2.03. The normalized spacial score (nSPS) is 10.8. The summed E-state index contributed by atoms with van der Waals surface area (Å²) >= 11 is 5.18. The molecule has 4 nitrogen and oxygen atoms in total. The molecule has 0 saturated carbocycles. The van der Waals surface area contributed by atoms with E-state index in [1.807, 2.05) is 55.5 Å². The van der Waals surface area contributed by atoms with Crippen molar-refractivity contribution in [3.05, 3.63) is 65.7 Å². The van der Waals surface area contributed by atoms with Crippen molar-refractivity contribution < 1.29 is 9.53 Å². The Morgan fingerprint density at radius 2 is 1.78 bits per heavy atom. The Morgan fingerprint density at radius 1 is 1.11 bits per heavy atom. The van der Waals surface area contributed by atoms with E-state index in [1.54, 1.807) is 6.08 Å². The first-order chi connectivity index (χ1) is 12.9. The highest BCUT2D eigenvalue weighted by molar-refractivity contribution is 7.80. The number of aryl methyl sites for hydroxylation is 1. The number of carbonyl (C=O) groups is 1. The van der Waals surface area contributed by atoms with Crippen LogP contribution in [0.2, 0.25) is 0 Å². The molecule has 0 atom stereocenters. The predicted octanol–water partition coefficient (Wildman–Crippen LogP) is 4.95. The van der Waals surface area contributed by atoms with Crippen LogP contribution < -0.4 is 15.4 Å². The molecule has 0 saturated heterocycles. The molecule has 0 spiro atoms. The molecule has 0 fully saturated rings. The van der Waals surface area contributed by atoms with Crippen molar-refractivity contribution in [1.29, 1.82) is 0 Å². The maximum Gasteiger partial charge on any atom is 0.250 e. The summed E-state index contributed by atoms with van der Waals surface area (Å²) in [5.74, 6) is 1.16. The van der Waals surface area contributed by atoms with Crippen LogP contribution >= 0.6 is 12.2 Å². The van der Waals surface area contributed by atoms with Crippen LogP contribution in [0.4, 0.5) is 5.69 Å². The van der Waals surface area contributed by atoms with Gasteiger partial charge in [-0.05, 0) is 67.4 Å². The standard InChI is InChI=1S/C22H26N2O2S/c1-16(2)14-15-26-20-11-9-19(10-12-20)23-22(27)24-21(25)13-8-18-6-4-17(3)5-7-18/h4-13,16H,14-15H2,1-3H3,(H2,23,24,25,27)/b13-8+. The van der Waals surface area contributed by atoms with Gasteiger partial charge in [0.1, 0.15) is 5.75 Å². The predicted molar refractivity (Wildman–Crippen MR) is 116 cm³/mol. The van der Waals surface area contributed by atoms with Crippen LogP contribution in [0.1, 0.15) is 31.4 Å². The Bertz CT molecular complexity index is 781. The van der Waals surface area contributed by atoms with E-state index in [4.69, 9.17) is 17.0 Å². The number of ether oxygens (including phenoxy) is 1. The smallest absolute Gasteiger partial charge is 0.250 e. The van der Waals surface area contributed by atoms with E-state index in [0.717, 1.165) is 23.4 Å². The number of rotatable bonds is 7. The second kappa shape index (κ2) is 10.5. The highest BCUT2D eigenvalue weighted by atomic mass is 32.1. The van der Waals surface area contributed by atoms with Gasteiger partial charge in [0.25, 0.3) is 0 Å². The van der Waals surface area contributed by atoms with Crippen LogP contribution in [-0.2, 0) is 4.79 Å². The van der Waals surface area contributed by atoms with Crippen molar-refractivity contribution >= 4 is 35.0 Å². The van der Waals surface area contributed by atoms with Gasteiger partial charge < -0.3 is 10.1 Å². The average Bonchev–Trinajstić information content (AvgIpc) is 2.62. The zero-order chi connectivity index (χ0) is 19.6. The lowest BCUT2D eigenvalue weighted by molar-refractivity contribution is -0.115. The van der Waals surface area contributed by atoms with Gasteiger partial charge in [0.05, 0.1) is 6.61 Å². The molecule has 0 aliphatic carbocycles. The Balaban J connectivity index is 1.79. The molecule has 1 amide bonds. The molecule has 2 aromatic rings. The lowest BCUT2D eigenvalue weighted by atomic mass is 10.1. The zero-order valence-corrected chi connectivity index (χ0v) is 16.8. The molecule has 5 heteroatoms. The fourth-order valence-electron chi connectivity index (χ4n) is 2.21. The van der Waals surface area contributed by atoms with Gasteiger partial charge in [-0.15, -0.1) is 0 Å². The molecule has 0 unspecified atom stereocenters. The highest BCUT2D eigenvalue weighted by Crippen LogP contribution is 2.16. The van der Waals surface area contributed by atoms with Gasteiger partial charge in [-0.1, -0.05) is 43.7 Å². The summed E-state index contributed by atoms with van der Waals surface area (Å²) in [6.07, 6.45) is 4.23. The van der Waals surface area contributed by atoms with Gasteiger partial charge in [-0.25, -0.2) is 0 Å². The van der Waals surface area contributed by atoms with Crippen LogP contribution in [0, 0.1) is 12.8 Å². The van der Waals surface area contributed by atoms with Crippen molar-refractivity contribution in [2.24, 2.45) is 5.92 Å². The number of hydrogen-bond donors (Lipinski definition) is 2. The monoisotopic (exact) mass is 382 g/mol. The van der Waals surface area contributed by atoms with Gasteiger partial charge in [0, 0.05) is 11.8 Å². The number of carbonyl (C=O) groups excluding carboxylic acids is 1. The lowest BCUT2D eigenvalue weighted by Crippen LogP contribution is -2.32. The van der Waals surface area contributed by atoms with Crippen molar-refractivity contribution in [2.45, 2.75) is 27.2 Å². The molecule has 142 valence electrons. The van der Waals surface area contributed by atoms with E-state index in [9.17, 15) is 4.79 Å². The average molecular weight is 383 g/mol. The number of anilines is 1. The molecule has 0 radical (unpaired) electrons. The number of hydrogen-bond acceptors (Lipinski definition) is 3. The summed E-state index contributed by atoms with van der Waals surface area (Å²) in [6.45, 7) is 7.06. The summed E-state index contributed by atoms with van der Waals surface area (Å²) in [6, 6.07) is 15.4. The summed E-state index contributed by atoms with van der Waals surface area (Å²) in [5, 5.41) is 5.88. The first-order valence-electron chi connectivity index (χ1n) is 9.02. The number of nitrogens with one attached hydrogen (secondary N) is 2. The molecular formula is C22H26N2O2S. The number of amides is 1. The van der Waals surface area contributed by atoms with Gasteiger partial charge in [0.15, 0.2) is 5.11 Å². The van der Waals surface area contributed by atoms with Crippen molar-refractivity contribution in [2.75, 3.05) is 11.9 Å². The number of benzene rings is 2. The minimum atomic E-state index is -0.276. The van der Waals surface area contributed by atoms with Gasteiger partial charge in [-0.2, -0.15) is 0 Å². The molecule has 2 rings (SSSR count). The summed E-state index contributed by atoms with van der Waals surface area (Å²) in [7, 11) is 0. The van der Waals surface area contributed by atoms with Crippen molar-refractivity contribution in [3.63, 3.8) is 0 Å². The summed E-state index contributed by atoms with van der Waals surface area (Å²) in [5.41, 5.74) is 2.93. The Kier molecular flexibility index (Phi) is 8.01. The molecule has 27 heavy (non-hydrogen) atoms. The third-order valence-corrected chi connectivity index (χ3v) is 4.02. The van der Waals surface area contributed by atoms with Gasteiger partial charge in [-0.3, -0.25) is 10.1 Å².